The number of nitrogens with two attached hydrogens (primary N) is 1. The van der Waals surface area contributed by atoms with E-state index in [1.165, 1.54) is 19.1 Å². The van der Waals surface area contributed by atoms with Gasteiger partial charge in [0.2, 0.25) is 0 Å². The van der Waals surface area contributed by atoms with Gasteiger partial charge in [-0.25, -0.2) is 13.2 Å². The third-order valence-electron chi connectivity index (χ3n) is 2.24. The Kier molecular flexibility index (Phi) is 4.12. The highest BCUT2D eigenvalue weighted by Gasteiger charge is 2.28. The topological polar surface area (TPSA) is 26.0 Å². The molecular weight excluding hydrogens is 215 g/mol. The Morgan fingerprint density at radius 1 is 1.31 bits per heavy atom. The molecule has 16 heavy (non-hydrogen) atoms. The Balaban J connectivity index is 2.58. The molecular formula is C12H14F3N. The lowest BCUT2D eigenvalue weighted by molar-refractivity contribution is 0.0655. The van der Waals surface area contributed by atoms with Crippen molar-refractivity contribution in [1.82, 2.24) is 0 Å². The monoisotopic (exact) mass is 229 g/mol. The number of hydrogen-bond acceptors (Lipinski definition) is 1. The molecule has 1 rings (SSSR count). The van der Waals surface area contributed by atoms with Crippen LogP contribution in [0.15, 0.2) is 30.3 Å². The number of halogens is 3. The third kappa shape index (κ3) is 3.70. The van der Waals surface area contributed by atoms with Crippen LogP contribution in [0.4, 0.5) is 13.2 Å². The summed E-state index contributed by atoms with van der Waals surface area (Å²) in [7, 11) is 0. The molecule has 2 N–H and O–H groups in total. The second kappa shape index (κ2) is 5.16. The summed E-state index contributed by atoms with van der Waals surface area (Å²) in [5.74, 6) is -0.326. The quantitative estimate of drug-likeness (QED) is 0.842. The lowest BCUT2D eigenvalue weighted by atomic mass is 9.99. The standard InChI is InChI=1S/C12H14F3N/c1-12(16,11(14)15)8-2-3-9-4-6-10(13)7-5-9/h2-7,11H,8,16H2,1H3/b3-2+. The van der Waals surface area contributed by atoms with Crippen LogP contribution in [0.2, 0.25) is 0 Å². The first-order valence-corrected chi connectivity index (χ1v) is 4.91. The van der Waals surface area contributed by atoms with Crippen LogP contribution < -0.4 is 5.73 Å². The van der Waals surface area contributed by atoms with Crippen molar-refractivity contribution >= 4 is 6.08 Å². The van der Waals surface area contributed by atoms with Crippen molar-refractivity contribution < 1.29 is 13.2 Å². The molecule has 1 unspecified atom stereocenters. The molecule has 0 aliphatic carbocycles. The van der Waals surface area contributed by atoms with E-state index in [9.17, 15) is 13.2 Å². The molecule has 0 amide bonds. The largest absolute Gasteiger partial charge is 0.320 e. The van der Waals surface area contributed by atoms with Crippen molar-refractivity contribution in [3.63, 3.8) is 0 Å². The van der Waals surface area contributed by atoms with Crippen molar-refractivity contribution in [2.24, 2.45) is 5.73 Å². The van der Waals surface area contributed by atoms with Gasteiger partial charge in [-0.2, -0.15) is 0 Å². The smallest absolute Gasteiger partial charge is 0.256 e. The Labute approximate surface area is 92.8 Å². The van der Waals surface area contributed by atoms with E-state index in [4.69, 9.17) is 5.73 Å². The minimum Gasteiger partial charge on any atom is -0.320 e. The first kappa shape index (κ1) is 12.8. The lowest BCUT2D eigenvalue weighted by Crippen LogP contribution is -2.43. The zero-order valence-corrected chi connectivity index (χ0v) is 8.96. The molecule has 0 fully saturated rings. The second-order valence-corrected chi connectivity index (χ2v) is 3.96. The second-order valence-electron chi connectivity index (χ2n) is 3.96. The molecule has 4 heteroatoms. The van der Waals surface area contributed by atoms with E-state index in [1.807, 2.05) is 0 Å². The van der Waals surface area contributed by atoms with Gasteiger partial charge in [-0.1, -0.05) is 24.3 Å². The van der Waals surface area contributed by atoms with E-state index in [0.29, 0.717) is 0 Å². The first-order valence-electron chi connectivity index (χ1n) is 4.91. The molecule has 0 aliphatic heterocycles. The molecule has 0 heterocycles. The molecule has 0 saturated carbocycles. The van der Waals surface area contributed by atoms with Gasteiger partial charge in [0.1, 0.15) is 5.82 Å². The van der Waals surface area contributed by atoms with Crippen LogP contribution in [0, 0.1) is 5.82 Å². The van der Waals surface area contributed by atoms with Gasteiger partial charge in [0, 0.05) is 0 Å². The van der Waals surface area contributed by atoms with Crippen molar-refractivity contribution in [3.05, 3.63) is 41.7 Å². The zero-order valence-electron chi connectivity index (χ0n) is 8.96. The number of rotatable bonds is 4. The van der Waals surface area contributed by atoms with E-state index in [0.717, 1.165) is 5.56 Å². The van der Waals surface area contributed by atoms with Gasteiger partial charge < -0.3 is 5.73 Å². The number of benzene rings is 1. The predicted molar refractivity (Wildman–Crippen MR) is 58.6 cm³/mol. The molecule has 0 spiro atoms. The summed E-state index contributed by atoms with van der Waals surface area (Å²) in [4.78, 5) is 0. The minimum atomic E-state index is -2.56. The molecule has 0 radical (unpaired) electrons. The van der Waals surface area contributed by atoms with Crippen LogP contribution in [0.5, 0.6) is 0 Å². The summed E-state index contributed by atoms with van der Waals surface area (Å²) < 4.78 is 37.3. The Hall–Kier alpha value is -1.29. The average Bonchev–Trinajstić information content (AvgIpc) is 2.20. The van der Waals surface area contributed by atoms with Crippen LogP contribution in [0.1, 0.15) is 18.9 Å². The SMILES string of the molecule is CC(N)(C/C=C/c1ccc(F)cc1)C(F)F. The predicted octanol–water partition coefficient (Wildman–Crippen LogP) is 3.21. The van der Waals surface area contributed by atoms with E-state index < -0.39 is 12.0 Å². The summed E-state index contributed by atoms with van der Waals surface area (Å²) in [6.07, 6.45) is 0.722. The zero-order chi connectivity index (χ0) is 12.2. The van der Waals surface area contributed by atoms with Gasteiger partial charge in [0.25, 0.3) is 6.43 Å². The van der Waals surface area contributed by atoms with Gasteiger partial charge in [0.15, 0.2) is 0 Å². The fraction of sp³-hybridized carbons (Fsp3) is 0.333. The third-order valence-corrected chi connectivity index (χ3v) is 2.24. The van der Waals surface area contributed by atoms with Crippen LogP contribution in [0.3, 0.4) is 0 Å². The van der Waals surface area contributed by atoms with Crippen LogP contribution in [0.25, 0.3) is 6.08 Å². The van der Waals surface area contributed by atoms with E-state index in [2.05, 4.69) is 0 Å². The highest BCUT2D eigenvalue weighted by Crippen LogP contribution is 2.17. The van der Waals surface area contributed by atoms with Gasteiger partial charge in [-0.3, -0.25) is 0 Å². The van der Waals surface area contributed by atoms with Crippen molar-refractivity contribution in [3.8, 4) is 0 Å². The molecule has 1 aromatic rings. The maximum Gasteiger partial charge on any atom is 0.256 e. The molecule has 1 nitrogen and oxygen atoms in total. The molecule has 0 bridgehead atoms. The summed E-state index contributed by atoms with van der Waals surface area (Å²) in [5.41, 5.74) is 4.63. The van der Waals surface area contributed by atoms with Gasteiger partial charge in [0.05, 0.1) is 5.54 Å². The normalized spacial score (nSPS) is 15.6. The van der Waals surface area contributed by atoms with Crippen LogP contribution >= 0.6 is 0 Å². The van der Waals surface area contributed by atoms with Crippen molar-refractivity contribution in [1.29, 1.82) is 0 Å². The van der Waals surface area contributed by atoms with Gasteiger partial charge in [-0.15, -0.1) is 0 Å². The highest BCUT2D eigenvalue weighted by molar-refractivity contribution is 5.48. The molecule has 0 aliphatic rings. The molecule has 1 atom stereocenters. The maximum atomic E-state index is 12.6. The first-order chi connectivity index (χ1) is 7.42. The van der Waals surface area contributed by atoms with E-state index >= 15 is 0 Å². The van der Waals surface area contributed by atoms with Gasteiger partial charge >= 0.3 is 0 Å². The Morgan fingerprint density at radius 3 is 2.38 bits per heavy atom. The summed E-state index contributed by atoms with van der Waals surface area (Å²) >= 11 is 0. The summed E-state index contributed by atoms with van der Waals surface area (Å²) in [6, 6.07) is 5.77. The van der Waals surface area contributed by atoms with E-state index in [-0.39, 0.29) is 12.2 Å². The molecule has 0 saturated heterocycles. The average molecular weight is 229 g/mol. The van der Waals surface area contributed by atoms with Crippen LogP contribution in [-0.2, 0) is 0 Å². The highest BCUT2D eigenvalue weighted by atomic mass is 19.3. The lowest BCUT2D eigenvalue weighted by Gasteiger charge is -2.21. The maximum absolute atomic E-state index is 12.6. The summed E-state index contributed by atoms with van der Waals surface area (Å²) in [5, 5.41) is 0. The molecule has 0 aromatic heterocycles. The van der Waals surface area contributed by atoms with Crippen molar-refractivity contribution in [2.45, 2.75) is 25.3 Å². The number of alkyl halides is 2. The Bertz CT molecular complexity index is 355. The summed E-state index contributed by atoms with van der Waals surface area (Å²) in [6.45, 7) is 1.30. The van der Waals surface area contributed by atoms with Gasteiger partial charge in [-0.05, 0) is 31.0 Å². The molecule has 88 valence electrons. The number of hydrogen-bond donors (Lipinski definition) is 1. The van der Waals surface area contributed by atoms with Crippen LogP contribution in [-0.4, -0.2) is 12.0 Å². The Morgan fingerprint density at radius 2 is 1.88 bits per heavy atom. The molecule has 1 aromatic carbocycles. The van der Waals surface area contributed by atoms with Crippen molar-refractivity contribution in [2.75, 3.05) is 0 Å². The van der Waals surface area contributed by atoms with E-state index in [1.54, 1.807) is 24.3 Å². The fourth-order valence-corrected chi connectivity index (χ4v) is 1.11. The fourth-order valence-electron chi connectivity index (χ4n) is 1.11. The minimum absolute atomic E-state index is 0.0715.